The van der Waals surface area contributed by atoms with Crippen molar-refractivity contribution in [3.8, 4) is 11.5 Å². The van der Waals surface area contributed by atoms with Crippen LogP contribution in [0.15, 0.2) is 36.4 Å². The summed E-state index contributed by atoms with van der Waals surface area (Å²) in [5.41, 5.74) is 2.28. The summed E-state index contributed by atoms with van der Waals surface area (Å²) in [6.45, 7) is 0. The number of anilines is 2. The van der Waals surface area contributed by atoms with Gasteiger partial charge in [0.05, 0.1) is 11.4 Å². The highest BCUT2D eigenvalue weighted by molar-refractivity contribution is 5.55. The van der Waals surface area contributed by atoms with Crippen LogP contribution in [0.25, 0.3) is 0 Å². The minimum atomic E-state index is -9.10. The molecule has 0 aromatic heterocycles. The molecule has 2 aromatic carbocycles. The van der Waals surface area contributed by atoms with E-state index < -0.39 is 119 Å². The van der Waals surface area contributed by atoms with Crippen LogP contribution in [0.4, 0.5) is 126 Å². The first-order valence-corrected chi connectivity index (χ1v) is 13.5. The van der Waals surface area contributed by atoms with Crippen molar-refractivity contribution in [3.63, 3.8) is 0 Å². The van der Waals surface area contributed by atoms with Gasteiger partial charge in [-0.3, -0.25) is 0 Å². The predicted molar refractivity (Wildman–Crippen MR) is 132 cm³/mol. The number of phenols is 2. The number of benzene rings is 2. The Kier molecular flexibility index (Phi) is 12.4. The van der Waals surface area contributed by atoms with Gasteiger partial charge in [-0.1, -0.05) is 0 Å². The number of ether oxygens (including phenoxy) is 4. The lowest BCUT2D eigenvalue weighted by molar-refractivity contribution is -0.575. The number of hydrogen-bond donors (Lipinski definition) is 4. The molecule has 0 heterocycles. The first kappa shape index (κ1) is 50.8. The fourth-order valence-corrected chi connectivity index (χ4v) is 3.54. The molecule has 2 rings (SSSR count). The summed E-state index contributed by atoms with van der Waals surface area (Å²) in [6, 6.07) is -1.57. The van der Waals surface area contributed by atoms with Crippen LogP contribution in [0.2, 0.25) is 0 Å². The van der Waals surface area contributed by atoms with Gasteiger partial charge < -0.3 is 21.7 Å². The number of rotatable bonds is 18. The zero-order valence-corrected chi connectivity index (χ0v) is 26.5. The molecule has 0 saturated heterocycles. The normalized spacial score (nSPS) is 15.5. The Labute approximate surface area is 304 Å². The van der Waals surface area contributed by atoms with Crippen molar-refractivity contribution in [1.29, 1.82) is 0 Å². The van der Waals surface area contributed by atoms with E-state index in [9.17, 15) is 114 Å². The van der Waals surface area contributed by atoms with E-state index in [-0.39, 0.29) is 30.3 Å². The monoisotopic (exact) mass is 930 g/mol. The van der Waals surface area contributed by atoms with Gasteiger partial charge in [0, 0.05) is 11.1 Å². The fraction of sp³-hybridized carbons (Fsp3) is 0.520. The maximum Gasteiger partial charge on any atom is 0.453 e. The molecule has 2 aromatic rings. The Hall–Kier alpha value is -4.34. The smallest absolute Gasteiger partial charge is 0.453 e. The second-order valence-corrected chi connectivity index (χ2v) is 11.0. The summed E-state index contributed by atoms with van der Waals surface area (Å²) in [5.74, 6) is -42.4. The van der Waals surface area contributed by atoms with E-state index in [1.54, 1.807) is 9.47 Å². The van der Waals surface area contributed by atoms with Crippen molar-refractivity contribution in [2.24, 2.45) is 0 Å². The highest BCUT2D eigenvalue weighted by Crippen LogP contribution is 2.61. The molecule has 0 bridgehead atoms. The number of aromatic hydroxyl groups is 2. The van der Waals surface area contributed by atoms with Gasteiger partial charge in [0.15, 0.2) is 0 Å². The van der Waals surface area contributed by atoms with Crippen molar-refractivity contribution >= 4 is 11.4 Å². The van der Waals surface area contributed by atoms with E-state index in [4.69, 9.17) is 21.7 Å². The lowest BCUT2D eigenvalue weighted by Crippen LogP contribution is -2.70. The van der Waals surface area contributed by atoms with Gasteiger partial charge in [-0.15, -0.1) is 0 Å². The largest absolute Gasteiger partial charge is 0.506 e. The van der Waals surface area contributed by atoms with E-state index >= 15 is 0 Å². The van der Waals surface area contributed by atoms with E-state index in [1.807, 2.05) is 0 Å². The predicted octanol–water partition coefficient (Wildman–Crippen LogP) is 9.86. The summed E-state index contributed by atoms with van der Waals surface area (Å²) < 4.78 is 368. The van der Waals surface area contributed by atoms with Crippen molar-refractivity contribution in [2.45, 2.75) is 78.5 Å². The molecule has 6 N–H and O–H groups in total. The van der Waals surface area contributed by atoms with E-state index in [0.717, 1.165) is 4.74 Å². The fourth-order valence-electron chi connectivity index (χ4n) is 3.54. The molecule has 0 radical (unpaired) electrons. The number of halogens is 26. The quantitative estimate of drug-likeness (QED) is 0.0661. The van der Waals surface area contributed by atoms with E-state index in [0.29, 0.717) is 0 Å². The minimum Gasteiger partial charge on any atom is -0.506 e. The number of hydrogen-bond acceptors (Lipinski definition) is 8. The lowest BCUT2D eigenvalue weighted by atomic mass is 10.0. The molecule has 0 aliphatic heterocycles. The zero-order chi connectivity index (χ0) is 47.0. The molecule has 0 fully saturated rings. The molecule has 0 unspecified atom stereocenters. The Bertz CT molecular complexity index is 1850. The van der Waals surface area contributed by atoms with Gasteiger partial charge in [0.2, 0.25) is 0 Å². The minimum absolute atomic E-state index is 0.0148. The van der Waals surface area contributed by atoms with E-state index in [1.165, 1.54) is 4.74 Å². The van der Waals surface area contributed by atoms with Crippen LogP contribution in [0.1, 0.15) is 11.1 Å². The topological polar surface area (TPSA) is 129 Å². The third-order valence-electron chi connectivity index (χ3n) is 6.73. The third-order valence-corrected chi connectivity index (χ3v) is 6.73. The van der Waals surface area contributed by atoms with Crippen LogP contribution < -0.4 is 11.5 Å². The Morgan fingerprint density at radius 3 is 0.797 bits per heavy atom. The van der Waals surface area contributed by atoms with Gasteiger partial charge >= 0.3 is 78.5 Å². The molecule has 0 atom stereocenters. The summed E-state index contributed by atoms with van der Waals surface area (Å²) in [5, 5.41) is 18.2. The molecular formula is C25H12F26N2O6. The van der Waals surface area contributed by atoms with Gasteiger partial charge in [0.25, 0.3) is 0 Å². The maximum atomic E-state index is 14.2. The van der Waals surface area contributed by atoms with Crippen LogP contribution in [0, 0.1) is 0 Å². The number of nitrogen functional groups attached to an aromatic ring is 2. The molecule has 8 nitrogen and oxygen atoms in total. The lowest BCUT2D eigenvalue weighted by Gasteiger charge is -2.41. The number of alkyl halides is 26. The molecule has 59 heavy (non-hydrogen) atoms. The average Bonchev–Trinajstić information content (AvgIpc) is 3.00. The SMILES string of the molecule is Nc1cc(C(F)(F)C(F)(F)OC(F)(F)C(F)(F)OC(F)(F)C(F)(F)OC(F)(F)C(F)(F)C(F)(F)C(F)(F)C(F)(F)OC(F)(F)C(F)(F)c2ccc(O)c(N)c2)ccc1O. The second-order valence-electron chi connectivity index (χ2n) is 11.0. The van der Waals surface area contributed by atoms with Crippen LogP contribution in [-0.4, -0.2) is 76.8 Å². The third kappa shape index (κ3) is 8.52. The molecule has 0 aliphatic rings. The summed E-state index contributed by atoms with van der Waals surface area (Å²) in [4.78, 5) is 0. The van der Waals surface area contributed by atoms with Crippen LogP contribution in [-0.2, 0) is 30.8 Å². The Balaban J connectivity index is 2.45. The number of nitrogens with two attached hydrogens (primary N) is 2. The van der Waals surface area contributed by atoms with Crippen molar-refractivity contribution < 1.29 is 143 Å². The van der Waals surface area contributed by atoms with Gasteiger partial charge in [-0.2, -0.15) is 114 Å². The highest BCUT2D eigenvalue weighted by Gasteiger charge is 2.90. The maximum absolute atomic E-state index is 14.2. The van der Waals surface area contributed by atoms with E-state index in [2.05, 4.69) is 0 Å². The first-order valence-electron chi connectivity index (χ1n) is 13.5. The molecule has 34 heteroatoms. The molecule has 0 spiro atoms. The standard InChI is InChI=1S/C25H12F26N2O6/c26-13(27,7-1-3-11(54)9(52)5-7)18(36,37)56-20(40,41)16(32,33)15(30,31)17(34,35)21(42,43)58-23(46,47)25(50,51)59-24(48,49)22(44,45)57-19(38,39)14(28,29)8-2-4-12(55)10(53)6-8/h1-6,54-55H,52-53H2. The molecule has 0 aliphatic carbocycles. The van der Waals surface area contributed by atoms with Crippen molar-refractivity contribution in [1.82, 2.24) is 0 Å². The second kappa shape index (κ2) is 14.4. The van der Waals surface area contributed by atoms with Crippen molar-refractivity contribution in [3.05, 3.63) is 47.5 Å². The molecule has 0 amide bonds. The Morgan fingerprint density at radius 1 is 0.322 bits per heavy atom. The van der Waals surface area contributed by atoms with Crippen LogP contribution in [0.5, 0.6) is 11.5 Å². The highest BCUT2D eigenvalue weighted by atomic mass is 19.4. The molecule has 340 valence electrons. The van der Waals surface area contributed by atoms with Crippen LogP contribution >= 0.6 is 0 Å². The average molecular weight is 930 g/mol. The number of phenolic OH excluding ortho intramolecular Hbond substituents is 2. The Morgan fingerprint density at radius 2 is 0.542 bits per heavy atom. The van der Waals surface area contributed by atoms with Crippen LogP contribution in [0.3, 0.4) is 0 Å². The van der Waals surface area contributed by atoms with Gasteiger partial charge in [0.1, 0.15) is 11.5 Å². The summed E-state index contributed by atoms with van der Waals surface area (Å²) in [6.07, 6.45) is -64.5. The molecule has 0 saturated carbocycles. The summed E-state index contributed by atoms with van der Waals surface area (Å²) in [7, 11) is 0. The van der Waals surface area contributed by atoms with Gasteiger partial charge in [-0.25, -0.2) is 18.9 Å². The zero-order valence-electron chi connectivity index (χ0n) is 26.5. The first-order chi connectivity index (χ1) is 25.6. The van der Waals surface area contributed by atoms with Gasteiger partial charge in [-0.05, 0) is 36.4 Å². The van der Waals surface area contributed by atoms with Crippen molar-refractivity contribution in [2.75, 3.05) is 11.5 Å². The molecular weight excluding hydrogens is 918 g/mol. The summed E-state index contributed by atoms with van der Waals surface area (Å²) >= 11 is 0.